The van der Waals surface area contributed by atoms with Crippen molar-refractivity contribution in [1.29, 1.82) is 0 Å². The SMILES string of the molecule is C#Cc1ccc(NC(=O)c2cc(Cl)cc(OC)c2NC(=O)c2ccc(N=CN3CCC(C(=O)OC)CC3)cc2F)cc1. The van der Waals surface area contributed by atoms with Gasteiger partial charge in [0.25, 0.3) is 11.8 Å². The molecule has 2 amide bonds. The molecule has 0 unspecified atom stereocenters. The molecule has 2 N–H and O–H groups in total. The highest BCUT2D eigenvalue weighted by molar-refractivity contribution is 6.31. The highest BCUT2D eigenvalue weighted by Crippen LogP contribution is 2.34. The van der Waals surface area contributed by atoms with Crippen LogP contribution < -0.4 is 15.4 Å². The third kappa shape index (κ3) is 7.25. The molecule has 9 nitrogen and oxygen atoms in total. The first-order valence-electron chi connectivity index (χ1n) is 12.9. The molecule has 3 aromatic carbocycles. The Morgan fingerprint density at radius 3 is 2.33 bits per heavy atom. The van der Waals surface area contributed by atoms with E-state index in [4.69, 9.17) is 27.5 Å². The van der Waals surface area contributed by atoms with E-state index in [9.17, 15) is 14.4 Å². The van der Waals surface area contributed by atoms with Gasteiger partial charge in [-0.2, -0.15) is 0 Å². The number of rotatable bonds is 8. The maximum atomic E-state index is 15.1. The zero-order valence-electron chi connectivity index (χ0n) is 22.9. The number of esters is 1. The van der Waals surface area contributed by atoms with Crippen molar-refractivity contribution in [2.24, 2.45) is 10.9 Å². The van der Waals surface area contributed by atoms with E-state index >= 15 is 4.39 Å². The van der Waals surface area contributed by atoms with Crippen LogP contribution in [0.1, 0.15) is 39.1 Å². The van der Waals surface area contributed by atoms with Crippen molar-refractivity contribution >= 4 is 52.8 Å². The number of carbonyl (C=O) groups excluding carboxylic acids is 3. The van der Waals surface area contributed by atoms with E-state index in [1.807, 2.05) is 4.90 Å². The van der Waals surface area contributed by atoms with Crippen LogP contribution in [0.25, 0.3) is 0 Å². The van der Waals surface area contributed by atoms with E-state index in [2.05, 4.69) is 21.5 Å². The lowest BCUT2D eigenvalue weighted by molar-refractivity contribution is -0.146. The van der Waals surface area contributed by atoms with Crippen LogP contribution in [0.3, 0.4) is 0 Å². The van der Waals surface area contributed by atoms with Gasteiger partial charge in [0.2, 0.25) is 0 Å². The van der Waals surface area contributed by atoms with Gasteiger partial charge in [-0.05, 0) is 55.3 Å². The molecule has 1 aliphatic heterocycles. The molecule has 42 heavy (non-hydrogen) atoms. The van der Waals surface area contributed by atoms with E-state index in [1.54, 1.807) is 30.6 Å². The summed E-state index contributed by atoms with van der Waals surface area (Å²) in [5.74, 6) is 0.0558. The molecule has 4 rings (SSSR count). The normalized spacial score (nSPS) is 13.4. The molecule has 1 heterocycles. The highest BCUT2D eigenvalue weighted by atomic mass is 35.5. The largest absolute Gasteiger partial charge is 0.494 e. The van der Waals surface area contributed by atoms with E-state index < -0.39 is 17.6 Å². The first kappa shape index (κ1) is 30.1. The minimum Gasteiger partial charge on any atom is -0.494 e. The first-order chi connectivity index (χ1) is 20.2. The van der Waals surface area contributed by atoms with E-state index in [0.717, 1.165) is 6.07 Å². The summed E-state index contributed by atoms with van der Waals surface area (Å²) in [5.41, 5.74) is 1.17. The Bertz CT molecular complexity index is 1560. The summed E-state index contributed by atoms with van der Waals surface area (Å²) < 4.78 is 25.2. The number of hydrogen-bond donors (Lipinski definition) is 2. The molecule has 0 bridgehead atoms. The predicted molar refractivity (Wildman–Crippen MR) is 159 cm³/mol. The number of hydrogen-bond acceptors (Lipinski definition) is 6. The van der Waals surface area contributed by atoms with Crippen molar-refractivity contribution in [1.82, 2.24) is 4.90 Å². The van der Waals surface area contributed by atoms with Gasteiger partial charge in [-0.15, -0.1) is 6.42 Å². The number of piperidine rings is 1. The van der Waals surface area contributed by atoms with Crippen LogP contribution >= 0.6 is 11.6 Å². The molecule has 11 heteroatoms. The Labute approximate surface area is 247 Å². The Hall–Kier alpha value is -4.88. The number of terminal acetylenes is 1. The number of ether oxygens (including phenoxy) is 2. The van der Waals surface area contributed by atoms with Crippen LogP contribution in [0, 0.1) is 24.1 Å². The van der Waals surface area contributed by atoms with Gasteiger partial charge in [0.15, 0.2) is 0 Å². The molecule has 0 spiro atoms. The lowest BCUT2D eigenvalue weighted by atomic mass is 9.97. The Morgan fingerprint density at radius 1 is 1.02 bits per heavy atom. The third-order valence-corrected chi connectivity index (χ3v) is 6.93. The lowest BCUT2D eigenvalue weighted by Crippen LogP contribution is -2.35. The zero-order chi connectivity index (χ0) is 30.2. The predicted octanol–water partition coefficient (Wildman–Crippen LogP) is 5.52. The number of nitrogens with zero attached hydrogens (tertiary/aromatic N) is 2. The van der Waals surface area contributed by atoms with Gasteiger partial charge in [0.1, 0.15) is 11.6 Å². The standard InChI is InChI=1S/C31H28ClFN4O5/c1-4-19-5-7-22(8-6-19)35-30(39)25-15-21(32)16-27(41-2)28(25)36-29(38)24-10-9-23(17-26(24)33)34-18-37-13-11-20(12-14-37)31(40)42-3/h1,5-10,15-18,20H,11-14H2,2-3H3,(H,35,39)(H,36,38). The molecule has 0 aromatic heterocycles. The minimum absolute atomic E-state index is 0.00586. The smallest absolute Gasteiger partial charge is 0.308 e. The zero-order valence-corrected chi connectivity index (χ0v) is 23.7. The second-order valence-electron chi connectivity index (χ2n) is 9.40. The van der Waals surface area contributed by atoms with Crippen LogP contribution in [0.5, 0.6) is 5.75 Å². The maximum absolute atomic E-state index is 15.1. The third-order valence-electron chi connectivity index (χ3n) is 6.71. The van der Waals surface area contributed by atoms with Crippen molar-refractivity contribution in [3.63, 3.8) is 0 Å². The van der Waals surface area contributed by atoms with E-state index in [0.29, 0.717) is 42.9 Å². The van der Waals surface area contributed by atoms with Gasteiger partial charge >= 0.3 is 5.97 Å². The molecule has 1 saturated heterocycles. The van der Waals surface area contributed by atoms with Crippen LogP contribution in [0.4, 0.5) is 21.5 Å². The molecular formula is C31H28ClFN4O5. The monoisotopic (exact) mass is 590 g/mol. The summed E-state index contributed by atoms with van der Waals surface area (Å²) in [6.07, 6.45) is 8.25. The van der Waals surface area contributed by atoms with Gasteiger partial charge in [-0.1, -0.05) is 17.5 Å². The topological polar surface area (TPSA) is 109 Å². The van der Waals surface area contributed by atoms with Gasteiger partial charge in [0.05, 0.1) is 49.0 Å². The maximum Gasteiger partial charge on any atom is 0.308 e. The van der Waals surface area contributed by atoms with E-state index in [1.165, 1.54) is 38.5 Å². The summed E-state index contributed by atoms with van der Waals surface area (Å²) in [6.45, 7) is 1.22. The van der Waals surface area contributed by atoms with Gasteiger partial charge < -0.3 is 25.0 Å². The van der Waals surface area contributed by atoms with Crippen LogP contribution in [-0.4, -0.2) is 56.3 Å². The van der Waals surface area contributed by atoms with Crippen LogP contribution in [0.2, 0.25) is 5.02 Å². The minimum atomic E-state index is -0.806. The summed E-state index contributed by atoms with van der Waals surface area (Å²) in [4.78, 5) is 44.3. The molecule has 0 saturated carbocycles. The second-order valence-corrected chi connectivity index (χ2v) is 9.84. The number of methoxy groups -OCH3 is 2. The summed E-state index contributed by atoms with van der Waals surface area (Å²) in [5, 5.41) is 5.50. The Morgan fingerprint density at radius 2 is 1.71 bits per heavy atom. The Kier molecular flexibility index (Phi) is 9.78. The fraction of sp³-hybridized carbons (Fsp3) is 0.226. The van der Waals surface area contributed by atoms with Crippen molar-refractivity contribution in [2.75, 3.05) is 37.9 Å². The van der Waals surface area contributed by atoms with Gasteiger partial charge in [-0.25, -0.2) is 9.38 Å². The molecule has 1 fully saturated rings. The number of anilines is 2. The van der Waals surface area contributed by atoms with Gasteiger partial charge in [-0.3, -0.25) is 14.4 Å². The number of halogens is 2. The number of aliphatic imine (C=N–C) groups is 1. The summed E-state index contributed by atoms with van der Waals surface area (Å²) in [7, 11) is 2.73. The molecule has 1 aliphatic rings. The highest BCUT2D eigenvalue weighted by Gasteiger charge is 2.25. The fourth-order valence-corrected chi connectivity index (χ4v) is 4.62. The average Bonchev–Trinajstić information content (AvgIpc) is 3.00. The van der Waals surface area contributed by atoms with Crippen molar-refractivity contribution in [3.8, 4) is 18.1 Å². The molecule has 3 aromatic rings. The Balaban J connectivity index is 1.49. The number of amides is 2. The van der Waals surface area contributed by atoms with Crippen molar-refractivity contribution in [2.45, 2.75) is 12.8 Å². The summed E-state index contributed by atoms with van der Waals surface area (Å²) in [6, 6.07) is 13.3. The molecule has 0 radical (unpaired) electrons. The quantitative estimate of drug-likeness (QED) is 0.155. The lowest BCUT2D eigenvalue weighted by Gasteiger charge is -2.28. The van der Waals surface area contributed by atoms with E-state index in [-0.39, 0.29) is 39.5 Å². The van der Waals surface area contributed by atoms with Gasteiger partial charge in [0, 0.05) is 41.5 Å². The molecule has 0 aliphatic carbocycles. The fourth-order valence-electron chi connectivity index (χ4n) is 4.41. The molecular weight excluding hydrogens is 563 g/mol. The number of nitrogens with one attached hydrogen (secondary N) is 2. The number of carbonyl (C=O) groups is 3. The molecule has 0 atom stereocenters. The number of likely N-dealkylation sites (tertiary alicyclic amines) is 1. The average molecular weight is 591 g/mol. The molecule has 216 valence electrons. The van der Waals surface area contributed by atoms with Crippen LogP contribution in [0.15, 0.2) is 59.6 Å². The summed E-state index contributed by atoms with van der Waals surface area (Å²) >= 11 is 6.20. The van der Waals surface area contributed by atoms with Crippen molar-refractivity contribution in [3.05, 3.63) is 82.1 Å². The first-order valence-corrected chi connectivity index (χ1v) is 13.3. The van der Waals surface area contributed by atoms with Crippen molar-refractivity contribution < 1.29 is 28.2 Å². The van der Waals surface area contributed by atoms with Crippen LogP contribution in [-0.2, 0) is 9.53 Å². The number of benzene rings is 3. The second kappa shape index (κ2) is 13.7.